The summed E-state index contributed by atoms with van der Waals surface area (Å²) < 4.78 is 23.9. The highest BCUT2D eigenvalue weighted by Gasteiger charge is 2.35. The van der Waals surface area contributed by atoms with Gasteiger partial charge in [0, 0.05) is 17.3 Å². The lowest BCUT2D eigenvalue weighted by molar-refractivity contribution is -0.137. The lowest BCUT2D eigenvalue weighted by Gasteiger charge is -2.30. The van der Waals surface area contributed by atoms with E-state index in [1.807, 2.05) is 17.5 Å². The van der Waals surface area contributed by atoms with Crippen LogP contribution in [0.5, 0.6) is 0 Å². The van der Waals surface area contributed by atoms with Crippen molar-refractivity contribution in [2.45, 2.75) is 12.5 Å². The van der Waals surface area contributed by atoms with Crippen LogP contribution >= 0.6 is 22.9 Å². The monoisotopic (exact) mass is 421 g/mol. The van der Waals surface area contributed by atoms with Gasteiger partial charge < -0.3 is 14.4 Å². The smallest absolute Gasteiger partial charge is 0.336 e. The first-order chi connectivity index (χ1) is 13.4. The van der Waals surface area contributed by atoms with Gasteiger partial charge in [0.2, 0.25) is 0 Å². The van der Waals surface area contributed by atoms with Crippen molar-refractivity contribution < 1.29 is 23.5 Å². The molecule has 2 heterocycles. The molecule has 0 amide bonds. The molecule has 0 saturated carbocycles. The zero-order valence-corrected chi connectivity index (χ0v) is 16.7. The second-order valence-corrected chi connectivity index (χ2v) is 7.45. The van der Waals surface area contributed by atoms with E-state index in [4.69, 9.17) is 21.1 Å². The molecule has 1 aliphatic heterocycles. The van der Waals surface area contributed by atoms with E-state index < -0.39 is 23.7 Å². The van der Waals surface area contributed by atoms with E-state index in [9.17, 15) is 14.0 Å². The van der Waals surface area contributed by atoms with E-state index in [1.54, 1.807) is 34.7 Å². The number of methoxy groups -OCH3 is 2. The van der Waals surface area contributed by atoms with Gasteiger partial charge in [0.25, 0.3) is 0 Å². The topological polar surface area (TPSA) is 55.8 Å². The van der Waals surface area contributed by atoms with Crippen molar-refractivity contribution in [2.75, 3.05) is 14.2 Å². The summed E-state index contributed by atoms with van der Waals surface area (Å²) >= 11 is 7.33. The van der Waals surface area contributed by atoms with Gasteiger partial charge in [-0.25, -0.2) is 14.0 Å². The minimum absolute atomic E-state index is 0.0499. The molecule has 0 fully saturated rings. The van der Waals surface area contributed by atoms with Gasteiger partial charge in [-0.05, 0) is 29.1 Å². The van der Waals surface area contributed by atoms with E-state index in [0.717, 1.165) is 4.88 Å². The van der Waals surface area contributed by atoms with Crippen LogP contribution in [-0.2, 0) is 25.6 Å². The standard InChI is InChI=1S/C20H17ClFNO4S/c1-26-19(24)14-10-23(9-13-4-3-7-28-13)11-15(20(25)27-2)18(14)12-5-6-16(21)17(22)8-12/h3-8,10-11,18H,9H2,1-2H3. The molecule has 0 unspecified atom stereocenters. The Bertz CT molecular complexity index is 921. The average Bonchev–Trinajstić information content (AvgIpc) is 3.21. The third kappa shape index (κ3) is 4.10. The molecule has 0 N–H and O–H groups in total. The highest BCUT2D eigenvalue weighted by Crippen LogP contribution is 2.38. The van der Waals surface area contributed by atoms with Crippen LogP contribution in [0.1, 0.15) is 16.4 Å². The molecule has 8 heteroatoms. The normalized spacial score (nSPS) is 14.4. The SMILES string of the molecule is COC(=O)C1=CN(Cc2cccs2)C=C(C(=O)OC)C1c1ccc(Cl)c(F)c1. The minimum atomic E-state index is -0.841. The number of benzene rings is 1. The molecule has 146 valence electrons. The maximum atomic E-state index is 14.1. The number of thiophene rings is 1. The molecule has 28 heavy (non-hydrogen) atoms. The third-order valence-electron chi connectivity index (χ3n) is 4.27. The van der Waals surface area contributed by atoms with Crippen molar-refractivity contribution >= 4 is 34.9 Å². The number of carbonyl (C=O) groups excluding carboxylic acids is 2. The van der Waals surface area contributed by atoms with Gasteiger partial charge >= 0.3 is 11.9 Å². The van der Waals surface area contributed by atoms with Crippen molar-refractivity contribution in [3.05, 3.63) is 80.5 Å². The molecule has 0 spiro atoms. The molecule has 0 saturated heterocycles. The van der Waals surface area contributed by atoms with E-state index in [0.29, 0.717) is 12.1 Å². The molecule has 0 bridgehead atoms. The van der Waals surface area contributed by atoms with Gasteiger partial charge in [0.1, 0.15) is 5.82 Å². The number of hydrogen-bond donors (Lipinski definition) is 0. The Morgan fingerprint density at radius 3 is 2.29 bits per heavy atom. The number of ether oxygens (including phenoxy) is 2. The van der Waals surface area contributed by atoms with E-state index in [2.05, 4.69) is 0 Å². The summed E-state index contributed by atoms with van der Waals surface area (Å²) in [5.41, 5.74) is 0.790. The maximum Gasteiger partial charge on any atom is 0.336 e. The summed E-state index contributed by atoms with van der Waals surface area (Å²) in [4.78, 5) is 27.7. The largest absolute Gasteiger partial charge is 0.466 e. The summed E-state index contributed by atoms with van der Waals surface area (Å²) in [6.45, 7) is 0.459. The summed E-state index contributed by atoms with van der Waals surface area (Å²) in [5.74, 6) is -2.73. The molecule has 0 radical (unpaired) electrons. The second-order valence-electron chi connectivity index (χ2n) is 6.01. The zero-order chi connectivity index (χ0) is 20.3. The predicted octanol–water partition coefficient (Wildman–Crippen LogP) is 4.25. The molecule has 1 aliphatic rings. The van der Waals surface area contributed by atoms with Gasteiger partial charge in [0.15, 0.2) is 0 Å². The fraction of sp³-hybridized carbons (Fsp3) is 0.200. The number of halogens is 2. The van der Waals surface area contributed by atoms with Crippen molar-refractivity contribution in [1.82, 2.24) is 4.90 Å². The van der Waals surface area contributed by atoms with Crippen LogP contribution in [0.4, 0.5) is 4.39 Å². The van der Waals surface area contributed by atoms with Gasteiger partial charge in [-0.3, -0.25) is 0 Å². The Hall–Kier alpha value is -2.64. The number of esters is 2. The summed E-state index contributed by atoms with van der Waals surface area (Å²) in [6, 6.07) is 8.02. The lowest BCUT2D eigenvalue weighted by Crippen LogP contribution is -2.28. The lowest BCUT2D eigenvalue weighted by atomic mass is 9.83. The Kier molecular flexibility index (Phi) is 6.16. The van der Waals surface area contributed by atoms with Crippen molar-refractivity contribution in [3.8, 4) is 0 Å². The first-order valence-electron chi connectivity index (χ1n) is 8.27. The van der Waals surface area contributed by atoms with E-state index in [-0.39, 0.29) is 16.2 Å². The zero-order valence-electron chi connectivity index (χ0n) is 15.1. The van der Waals surface area contributed by atoms with Crippen LogP contribution < -0.4 is 0 Å². The third-order valence-corrected chi connectivity index (χ3v) is 5.44. The van der Waals surface area contributed by atoms with Gasteiger partial charge in [-0.1, -0.05) is 23.7 Å². The molecule has 0 atom stereocenters. The summed E-state index contributed by atoms with van der Waals surface area (Å²) in [7, 11) is 2.50. The highest BCUT2D eigenvalue weighted by atomic mass is 35.5. The Labute approximate surface area is 170 Å². The number of rotatable bonds is 5. The minimum Gasteiger partial charge on any atom is -0.466 e. The number of nitrogens with zero attached hydrogens (tertiary/aromatic N) is 1. The van der Waals surface area contributed by atoms with Crippen molar-refractivity contribution in [3.63, 3.8) is 0 Å². The fourth-order valence-corrected chi connectivity index (χ4v) is 3.84. The molecule has 1 aromatic heterocycles. The molecule has 5 nitrogen and oxygen atoms in total. The summed E-state index contributed by atoms with van der Waals surface area (Å²) in [5, 5.41) is 1.89. The van der Waals surface area contributed by atoms with Crippen molar-refractivity contribution in [2.24, 2.45) is 0 Å². The Morgan fingerprint density at radius 2 is 1.79 bits per heavy atom. The molecular weight excluding hydrogens is 405 g/mol. The quantitative estimate of drug-likeness (QED) is 0.675. The van der Waals surface area contributed by atoms with Crippen LogP contribution in [0.3, 0.4) is 0 Å². The van der Waals surface area contributed by atoms with Gasteiger partial charge in [0.05, 0.1) is 42.9 Å². The van der Waals surface area contributed by atoms with Crippen LogP contribution in [0, 0.1) is 5.82 Å². The number of hydrogen-bond acceptors (Lipinski definition) is 6. The molecule has 2 aromatic rings. The first-order valence-corrected chi connectivity index (χ1v) is 9.53. The Balaban J connectivity index is 2.10. The maximum absolute atomic E-state index is 14.1. The average molecular weight is 422 g/mol. The molecule has 3 rings (SSSR count). The summed E-state index contributed by atoms with van der Waals surface area (Å²) in [6.07, 6.45) is 3.21. The van der Waals surface area contributed by atoms with Crippen molar-refractivity contribution in [1.29, 1.82) is 0 Å². The van der Waals surface area contributed by atoms with Crippen LogP contribution in [0.25, 0.3) is 0 Å². The fourth-order valence-electron chi connectivity index (χ4n) is 3.01. The predicted molar refractivity (Wildman–Crippen MR) is 104 cm³/mol. The highest BCUT2D eigenvalue weighted by molar-refractivity contribution is 7.09. The number of carbonyl (C=O) groups is 2. The van der Waals surface area contributed by atoms with Gasteiger partial charge in [-0.2, -0.15) is 0 Å². The van der Waals surface area contributed by atoms with Crippen LogP contribution in [-0.4, -0.2) is 31.1 Å². The Morgan fingerprint density at radius 1 is 1.14 bits per heavy atom. The second kappa shape index (κ2) is 8.58. The van der Waals surface area contributed by atoms with E-state index >= 15 is 0 Å². The molecular formula is C20H17ClFNO4S. The van der Waals surface area contributed by atoms with Crippen LogP contribution in [0.15, 0.2) is 59.3 Å². The molecule has 0 aliphatic carbocycles. The van der Waals surface area contributed by atoms with Gasteiger partial charge in [-0.15, -0.1) is 11.3 Å². The molecule has 1 aromatic carbocycles. The van der Waals surface area contributed by atoms with Crippen LogP contribution in [0.2, 0.25) is 5.02 Å². The van der Waals surface area contributed by atoms with E-state index in [1.165, 1.54) is 26.4 Å². The first kappa shape index (κ1) is 20.1.